The fourth-order valence-corrected chi connectivity index (χ4v) is 3.14. The summed E-state index contributed by atoms with van der Waals surface area (Å²) in [4.78, 5) is 1.17. The van der Waals surface area contributed by atoms with Gasteiger partial charge in [-0.3, -0.25) is 0 Å². The third-order valence-corrected chi connectivity index (χ3v) is 4.53. The number of hydrogen-bond donors (Lipinski definition) is 1. The lowest BCUT2D eigenvalue weighted by molar-refractivity contribution is 0.563. The molecule has 0 aliphatic heterocycles. The van der Waals surface area contributed by atoms with Gasteiger partial charge >= 0.3 is 0 Å². The fraction of sp³-hybridized carbons (Fsp3) is 0.462. The molecule has 1 aromatic heterocycles. The number of halogens is 1. The van der Waals surface area contributed by atoms with E-state index >= 15 is 0 Å². The first-order chi connectivity index (χ1) is 9.61. The lowest BCUT2D eigenvalue weighted by Gasteiger charge is -2.17. The Hall–Kier alpha value is -0.920. The summed E-state index contributed by atoms with van der Waals surface area (Å²) in [6.07, 6.45) is 1.12. The Kier molecular flexibility index (Phi) is 5.56. The molecule has 1 heterocycles. The normalized spacial score (nSPS) is 12.6. The highest BCUT2D eigenvalue weighted by atomic mass is 79.9. The van der Waals surface area contributed by atoms with Crippen molar-refractivity contribution in [2.24, 2.45) is 7.05 Å². The molecular formula is C13H18BrN5S. The van der Waals surface area contributed by atoms with Crippen molar-refractivity contribution in [3.05, 3.63) is 28.2 Å². The van der Waals surface area contributed by atoms with Gasteiger partial charge in [0.05, 0.1) is 0 Å². The van der Waals surface area contributed by atoms with Crippen LogP contribution in [0.5, 0.6) is 0 Å². The molecule has 0 aliphatic rings. The Morgan fingerprint density at radius 3 is 2.90 bits per heavy atom. The molecule has 0 spiro atoms. The molecule has 0 amide bonds. The average molecular weight is 356 g/mol. The van der Waals surface area contributed by atoms with E-state index in [0.717, 1.165) is 22.6 Å². The van der Waals surface area contributed by atoms with Crippen LogP contribution in [0.4, 0.5) is 0 Å². The molecule has 1 unspecified atom stereocenters. The highest BCUT2D eigenvalue weighted by Gasteiger charge is 2.14. The van der Waals surface area contributed by atoms with Crippen molar-refractivity contribution < 1.29 is 0 Å². The minimum Gasteiger partial charge on any atom is -0.310 e. The van der Waals surface area contributed by atoms with Gasteiger partial charge in [0, 0.05) is 22.5 Å². The Labute approximate surface area is 131 Å². The Morgan fingerprint density at radius 1 is 1.45 bits per heavy atom. The van der Waals surface area contributed by atoms with E-state index in [4.69, 9.17) is 0 Å². The molecular weight excluding hydrogens is 338 g/mol. The van der Waals surface area contributed by atoms with Gasteiger partial charge in [-0.05, 0) is 65.8 Å². The van der Waals surface area contributed by atoms with E-state index in [0.29, 0.717) is 0 Å². The van der Waals surface area contributed by atoms with Crippen LogP contribution >= 0.6 is 27.7 Å². The quantitative estimate of drug-likeness (QED) is 0.862. The third kappa shape index (κ3) is 3.80. The number of aromatic nitrogens is 4. The molecule has 1 atom stereocenters. The molecule has 0 saturated heterocycles. The Morgan fingerprint density at radius 2 is 2.25 bits per heavy atom. The van der Waals surface area contributed by atoms with Crippen LogP contribution in [0, 0.1) is 0 Å². The largest absolute Gasteiger partial charge is 0.310 e. The van der Waals surface area contributed by atoms with E-state index in [9.17, 15) is 0 Å². The molecule has 1 aromatic carbocycles. The van der Waals surface area contributed by atoms with E-state index in [1.807, 2.05) is 13.1 Å². The van der Waals surface area contributed by atoms with E-state index in [2.05, 4.69) is 62.8 Å². The molecule has 2 aromatic rings. The van der Waals surface area contributed by atoms with E-state index in [1.165, 1.54) is 10.5 Å². The maximum absolute atomic E-state index is 4.03. The van der Waals surface area contributed by atoms with Gasteiger partial charge < -0.3 is 5.32 Å². The number of aryl methyl sites for hydroxylation is 1. The SMILES string of the molecule is CCCNC(C)c1cc(Br)ccc1Sc1nnnn1C. The molecule has 0 saturated carbocycles. The van der Waals surface area contributed by atoms with Gasteiger partial charge in [0.15, 0.2) is 0 Å². The smallest absolute Gasteiger partial charge is 0.213 e. The number of nitrogens with zero attached hydrogens (tertiary/aromatic N) is 4. The first-order valence-electron chi connectivity index (χ1n) is 6.55. The Bertz CT molecular complexity index is 572. The summed E-state index contributed by atoms with van der Waals surface area (Å²) < 4.78 is 2.76. The molecule has 0 bridgehead atoms. The average Bonchev–Trinajstić information content (AvgIpc) is 2.83. The summed E-state index contributed by atoms with van der Waals surface area (Å²) in [5.41, 5.74) is 1.25. The summed E-state index contributed by atoms with van der Waals surface area (Å²) in [6.45, 7) is 5.35. The topological polar surface area (TPSA) is 55.6 Å². The van der Waals surface area contributed by atoms with Gasteiger partial charge in [0.1, 0.15) is 0 Å². The molecule has 0 radical (unpaired) electrons. The van der Waals surface area contributed by atoms with Gasteiger partial charge in [0.2, 0.25) is 5.16 Å². The van der Waals surface area contributed by atoms with Crippen LogP contribution in [0.15, 0.2) is 32.7 Å². The van der Waals surface area contributed by atoms with Crippen LogP contribution in [-0.4, -0.2) is 26.8 Å². The van der Waals surface area contributed by atoms with Crippen molar-refractivity contribution in [3.63, 3.8) is 0 Å². The first kappa shape index (κ1) is 15.5. The fourth-order valence-electron chi connectivity index (χ4n) is 1.83. The predicted octanol–water partition coefficient (Wildman–Crippen LogP) is 3.18. The minimum absolute atomic E-state index is 0.288. The predicted molar refractivity (Wildman–Crippen MR) is 83.8 cm³/mol. The number of nitrogens with one attached hydrogen (secondary N) is 1. The van der Waals surface area contributed by atoms with E-state index in [1.54, 1.807) is 16.4 Å². The van der Waals surface area contributed by atoms with E-state index in [-0.39, 0.29) is 6.04 Å². The second-order valence-electron chi connectivity index (χ2n) is 4.55. The van der Waals surface area contributed by atoms with Gasteiger partial charge in [-0.25, -0.2) is 4.68 Å². The molecule has 108 valence electrons. The van der Waals surface area contributed by atoms with Crippen LogP contribution < -0.4 is 5.32 Å². The van der Waals surface area contributed by atoms with Gasteiger partial charge in [-0.1, -0.05) is 22.9 Å². The van der Waals surface area contributed by atoms with Crippen molar-refractivity contribution in [2.75, 3.05) is 6.54 Å². The van der Waals surface area contributed by atoms with Crippen molar-refractivity contribution >= 4 is 27.7 Å². The molecule has 7 heteroatoms. The third-order valence-electron chi connectivity index (χ3n) is 2.92. The minimum atomic E-state index is 0.288. The number of hydrogen-bond acceptors (Lipinski definition) is 5. The van der Waals surface area contributed by atoms with Crippen molar-refractivity contribution in [1.29, 1.82) is 0 Å². The maximum Gasteiger partial charge on any atom is 0.213 e. The molecule has 2 rings (SSSR count). The molecule has 1 N–H and O–H groups in total. The monoisotopic (exact) mass is 355 g/mol. The van der Waals surface area contributed by atoms with Crippen molar-refractivity contribution in [3.8, 4) is 0 Å². The second kappa shape index (κ2) is 7.19. The molecule has 0 fully saturated rings. The lowest BCUT2D eigenvalue weighted by Crippen LogP contribution is -2.19. The van der Waals surface area contributed by atoms with Crippen LogP contribution in [-0.2, 0) is 7.05 Å². The van der Waals surface area contributed by atoms with Crippen LogP contribution in [0.2, 0.25) is 0 Å². The van der Waals surface area contributed by atoms with Crippen LogP contribution in [0.25, 0.3) is 0 Å². The summed E-state index contributed by atoms with van der Waals surface area (Å²) in [5.74, 6) is 0. The second-order valence-corrected chi connectivity index (χ2v) is 6.47. The first-order valence-corrected chi connectivity index (χ1v) is 8.15. The lowest BCUT2D eigenvalue weighted by atomic mass is 10.1. The van der Waals surface area contributed by atoms with Crippen LogP contribution in [0.3, 0.4) is 0 Å². The van der Waals surface area contributed by atoms with Gasteiger partial charge in [-0.15, -0.1) is 5.10 Å². The van der Waals surface area contributed by atoms with Crippen LogP contribution in [0.1, 0.15) is 31.9 Å². The van der Waals surface area contributed by atoms with Gasteiger partial charge in [-0.2, -0.15) is 0 Å². The van der Waals surface area contributed by atoms with Crippen molar-refractivity contribution in [2.45, 2.75) is 36.4 Å². The van der Waals surface area contributed by atoms with Crippen molar-refractivity contribution in [1.82, 2.24) is 25.5 Å². The number of tetrazole rings is 1. The Balaban J connectivity index is 2.25. The standard InChI is InChI=1S/C13H18BrN5S/c1-4-7-15-9(2)11-8-10(14)5-6-12(11)20-13-16-17-18-19(13)3/h5-6,8-9,15H,4,7H2,1-3H3. The van der Waals surface area contributed by atoms with E-state index < -0.39 is 0 Å². The summed E-state index contributed by atoms with van der Waals surface area (Å²) >= 11 is 5.13. The summed E-state index contributed by atoms with van der Waals surface area (Å²) in [5, 5.41) is 15.9. The zero-order valence-electron chi connectivity index (χ0n) is 11.8. The zero-order chi connectivity index (χ0) is 14.5. The molecule has 5 nitrogen and oxygen atoms in total. The summed E-state index contributed by atoms with van der Waals surface area (Å²) in [7, 11) is 1.85. The van der Waals surface area contributed by atoms with Gasteiger partial charge in [0.25, 0.3) is 0 Å². The zero-order valence-corrected chi connectivity index (χ0v) is 14.2. The highest BCUT2D eigenvalue weighted by Crippen LogP contribution is 2.33. The number of rotatable bonds is 6. The molecule has 20 heavy (non-hydrogen) atoms. The molecule has 0 aliphatic carbocycles. The number of benzene rings is 1. The maximum atomic E-state index is 4.03. The summed E-state index contributed by atoms with van der Waals surface area (Å²) in [6, 6.07) is 6.58. The highest BCUT2D eigenvalue weighted by molar-refractivity contribution is 9.10.